The molecule has 5 nitrogen and oxygen atoms in total. The van der Waals surface area contributed by atoms with Gasteiger partial charge >= 0.3 is 0 Å². The number of hydrogen-bond donors (Lipinski definition) is 3. The number of amides is 2. The van der Waals surface area contributed by atoms with Crippen LogP contribution in [-0.4, -0.2) is 36.1 Å². The third-order valence-corrected chi connectivity index (χ3v) is 4.44. The van der Waals surface area contributed by atoms with Gasteiger partial charge in [0.15, 0.2) is 0 Å². The first-order valence-electron chi connectivity index (χ1n) is 8.50. The van der Waals surface area contributed by atoms with Crippen molar-refractivity contribution in [3.05, 3.63) is 0 Å². The fourth-order valence-corrected chi connectivity index (χ4v) is 3.00. The Balaban J connectivity index is 2.30. The van der Waals surface area contributed by atoms with E-state index in [9.17, 15) is 9.59 Å². The number of hydrogen-bond acceptors (Lipinski definition) is 3. The summed E-state index contributed by atoms with van der Waals surface area (Å²) < 4.78 is 0. The highest BCUT2D eigenvalue weighted by Gasteiger charge is 2.25. The van der Waals surface area contributed by atoms with Crippen molar-refractivity contribution in [1.29, 1.82) is 0 Å². The molecular weight excluding hydrogens is 280 g/mol. The highest BCUT2D eigenvalue weighted by molar-refractivity contribution is 5.84. The molecule has 0 aromatic heterocycles. The highest BCUT2D eigenvalue weighted by Crippen LogP contribution is 2.26. The van der Waals surface area contributed by atoms with E-state index in [-0.39, 0.29) is 36.4 Å². The van der Waals surface area contributed by atoms with Gasteiger partial charge in [0.2, 0.25) is 11.8 Å². The molecule has 2 amide bonds. The van der Waals surface area contributed by atoms with Crippen LogP contribution >= 0.6 is 0 Å². The van der Waals surface area contributed by atoms with Gasteiger partial charge in [-0.05, 0) is 30.6 Å². The van der Waals surface area contributed by atoms with Crippen molar-refractivity contribution < 1.29 is 14.7 Å². The molecule has 0 aliphatic heterocycles. The topological polar surface area (TPSA) is 78.4 Å². The smallest absolute Gasteiger partial charge is 0.239 e. The Labute approximate surface area is 134 Å². The molecular formula is C17H32N2O3. The zero-order valence-corrected chi connectivity index (χ0v) is 14.3. The number of carbonyl (C=O) groups is 2. The number of carbonyl (C=O) groups excluding carboxylic acids is 2. The van der Waals surface area contributed by atoms with Gasteiger partial charge in [-0.25, -0.2) is 0 Å². The maximum Gasteiger partial charge on any atom is 0.239 e. The van der Waals surface area contributed by atoms with Gasteiger partial charge in [0, 0.05) is 19.1 Å². The van der Waals surface area contributed by atoms with E-state index in [1.54, 1.807) is 0 Å². The van der Waals surface area contributed by atoms with Gasteiger partial charge in [-0.2, -0.15) is 0 Å². The summed E-state index contributed by atoms with van der Waals surface area (Å²) in [5.74, 6) is 0.260. The Kier molecular flexibility index (Phi) is 7.87. The summed E-state index contributed by atoms with van der Waals surface area (Å²) in [5, 5.41) is 14.7. The molecule has 1 fully saturated rings. The van der Waals surface area contributed by atoms with Crippen LogP contribution in [0.5, 0.6) is 0 Å². The van der Waals surface area contributed by atoms with E-state index < -0.39 is 0 Å². The summed E-state index contributed by atoms with van der Waals surface area (Å²) in [4.78, 5) is 23.9. The van der Waals surface area contributed by atoms with Crippen LogP contribution in [-0.2, 0) is 9.59 Å². The van der Waals surface area contributed by atoms with Crippen LogP contribution in [0.15, 0.2) is 0 Å². The predicted octanol–water partition coefficient (Wildman–Crippen LogP) is 1.99. The lowest BCUT2D eigenvalue weighted by Gasteiger charge is -2.31. The number of nitrogens with one attached hydrogen (secondary N) is 2. The average molecular weight is 312 g/mol. The van der Waals surface area contributed by atoms with Gasteiger partial charge in [0.1, 0.15) is 0 Å². The minimum Gasteiger partial charge on any atom is -0.396 e. The first-order chi connectivity index (χ1) is 10.3. The molecule has 1 rings (SSSR count). The molecule has 0 heterocycles. The second-order valence-corrected chi connectivity index (χ2v) is 7.48. The predicted molar refractivity (Wildman–Crippen MR) is 87.3 cm³/mol. The van der Waals surface area contributed by atoms with Gasteiger partial charge in [0.05, 0.1) is 6.54 Å². The minimum absolute atomic E-state index is 0.0174. The van der Waals surface area contributed by atoms with Crippen molar-refractivity contribution in [1.82, 2.24) is 10.6 Å². The summed E-state index contributed by atoms with van der Waals surface area (Å²) in [5.41, 5.74) is -0.121. The Morgan fingerprint density at radius 2 is 1.77 bits per heavy atom. The quantitative estimate of drug-likeness (QED) is 0.672. The normalized spacial score (nSPS) is 17.8. The van der Waals surface area contributed by atoms with E-state index in [1.807, 2.05) is 20.8 Å². The molecule has 0 aromatic carbocycles. The average Bonchev–Trinajstić information content (AvgIpc) is 2.45. The molecule has 1 unspecified atom stereocenters. The second-order valence-electron chi connectivity index (χ2n) is 7.48. The molecule has 1 aliphatic rings. The zero-order valence-electron chi connectivity index (χ0n) is 14.3. The number of rotatable bonds is 7. The van der Waals surface area contributed by atoms with Gasteiger partial charge in [-0.1, -0.05) is 40.0 Å². The van der Waals surface area contributed by atoms with Crippen molar-refractivity contribution in [2.75, 3.05) is 13.2 Å². The molecule has 0 aromatic rings. The summed E-state index contributed by atoms with van der Waals surface area (Å²) in [6.45, 7) is 6.12. The molecule has 1 aliphatic carbocycles. The third kappa shape index (κ3) is 7.25. The van der Waals surface area contributed by atoms with Crippen molar-refractivity contribution in [2.24, 2.45) is 11.3 Å². The van der Waals surface area contributed by atoms with E-state index >= 15 is 0 Å². The van der Waals surface area contributed by atoms with Crippen LogP contribution in [0.4, 0.5) is 0 Å². The molecule has 0 saturated heterocycles. The van der Waals surface area contributed by atoms with E-state index in [4.69, 9.17) is 5.11 Å². The van der Waals surface area contributed by atoms with Gasteiger partial charge in [-0.15, -0.1) is 0 Å². The fourth-order valence-electron chi connectivity index (χ4n) is 3.00. The molecule has 0 bridgehead atoms. The highest BCUT2D eigenvalue weighted by atomic mass is 16.3. The molecule has 0 radical (unpaired) electrons. The summed E-state index contributed by atoms with van der Waals surface area (Å²) >= 11 is 0. The second kappa shape index (κ2) is 9.13. The molecule has 3 N–H and O–H groups in total. The fraction of sp³-hybridized carbons (Fsp3) is 0.882. The lowest BCUT2D eigenvalue weighted by atomic mass is 9.85. The molecule has 22 heavy (non-hydrogen) atoms. The Morgan fingerprint density at radius 1 is 1.14 bits per heavy atom. The number of aliphatic hydroxyl groups is 1. The monoisotopic (exact) mass is 312 g/mol. The molecule has 0 spiro atoms. The Hall–Kier alpha value is -1.10. The van der Waals surface area contributed by atoms with E-state index in [1.165, 1.54) is 19.3 Å². The Bertz CT molecular complexity index is 357. The third-order valence-electron chi connectivity index (χ3n) is 4.44. The van der Waals surface area contributed by atoms with E-state index in [0.717, 1.165) is 12.8 Å². The van der Waals surface area contributed by atoms with Gasteiger partial charge < -0.3 is 15.7 Å². The van der Waals surface area contributed by atoms with Crippen LogP contribution < -0.4 is 10.6 Å². The van der Waals surface area contributed by atoms with Crippen molar-refractivity contribution in [2.45, 2.75) is 71.8 Å². The van der Waals surface area contributed by atoms with Gasteiger partial charge in [-0.3, -0.25) is 9.59 Å². The molecule has 1 saturated carbocycles. The van der Waals surface area contributed by atoms with Gasteiger partial charge in [0.25, 0.3) is 0 Å². The maximum absolute atomic E-state index is 12.0. The minimum atomic E-state index is -0.189. The standard InChI is InChI=1S/C17H32N2O3/c1-17(2,3)14(9-10-20)19-16(22)12-18-15(21)11-13-7-5-4-6-8-13/h13-14,20H,4-12H2,1-3H3,(H,18,21)(H,19,22). The first-order valence-corrected chi connectivity index (χ1v) is 8.50. The zero-order chi connectivity index (χ0) is 16.6. The first kappa shape index (κ1) is 18.9. The van der Waals surface area contributed by atoms with E-state index in [2.05, 4.69) is 10.6 Å². The summed E-state index contributed by atoms with van der Waals surface area (Å²) in [6, 6.07) is -0.0970. The lowest BCUT2D eigenvalue weighted by molar-refractivity contribution is -0.127. The van der Waals surface area contributed by atoms with E-state index in [0.29, 0.717) is 18.8 Å². The summed E-state index contributed by atoms with van der Waals surface area (Å²) in [7, 11) is 0. The molecule has 1 atom stereocenters. The SMILES string of the molecule is CC(C)(C)C(CCO)NC(=O)CNC(=O)CC1CCCCC1. The summed E-state index contributed by atoms with van der Waals surface area (Å²) in [6.07, 6.45) is 7.02. The van der Waals surface area contributed by atoms with Crippen LogP contribution in [0, 0.1) is 11.3 Å². The van der Waals surface area contributed by atoms with Crippen LogP contribution in [0.25, 0.3) is 0 Å². The van der Waals surface area contributed by atoms with Crippen LogP contribution in [0.1, 0.15) is 65.7 Å². The van der Waals surface area contributed by atoms with Crippen molar-refractivity contribution >= 4 is 11.8 Å². The largest absolute Gasteiger partial charge is 0.396 e. The van der Waals surface area contributed by atoms with Crippen molar-refractivity contribution in [3.8, 4) is 0 Å². The Morgan fingerprint density at radius 3 is 2.32 bits per heavy atom. The molecule has 128 valence electrons. The molecule has 5 heteroatoms. The lowest BCUT2D eigenvalue weighted by Crippen LogP contribution is -2.48. The number of aliphatic hydroxyl groups excluding tert-OH is 1. The van der Waals surface area contributed by atoms with Crippen LogP contribution in [0.2, 0.25) is 0 Å². The maximum atomic E-state index is 12.0. The van der Waals surface area contributed by atoms with Crippen LogP contribution in [0.3, 0.4) is 0 Å². The van der Waals surface area contributed by atoms with Crippen molar-refractivity contribution in [3.63, 3.8) is 0 Å².